The van der Waals surface area contributed by atoms with E-state index in [2.05, 4.69) is 29.4 Å². The molecule has 0 spiro atoms. The Labute approximate surface area is 125 Å². The number of rotatable bonds is 7. The van der Waals surface area contributed by atoms with E-state index in [-0.39, 0.29) is 6.04 Å². The minimum atomic E-state index is 0.275. The van der Waals surface area contributed by atoms with Gasteiger partial charge in [0.2, 0.25) is 0 Å². The Hall–Kier alpha value is -2.08. The molecule has 6 nitrogen and oxygen atoms in total. The number of ether oxygens (including phenoxy) is 2. The number of aryl methyl sites for hydroxylation is 1. The lowest BCUT2D eigenvalue weighted by Crippen LogP contribution is -2.17. The van der Waals surface area contributed by atoms with Crippen molar-refractivity contribution in [2.24, 2.45) is 7.05 Å². The monoisotopic (exact) mass is 290 g/mol. The first-order valence-electron chi connectivity index (χ1n) is 7.02. The van der Waals surface area contributed by atoms with Crippen LogP contribution in [-0.2, 0) is 13.7 Å². The van der Waals surface area contributed by atoms with Gasteiger partial charge in [0.25, 0.3) is 0 Å². The minimum Gasteiger partial charge on any atom is -0.493 e. The van der Waals surface area contributed by atoms with Gasteiger partial charge in [-0.25, -0.2) is 0 Å². The van der Waals surface area contributed by atoms with E-state index in [1.54, 1.807) is 13.4 Å². The first-order chi connectivity index (χ1) is 10.2. The lowest BCUT2D eigenvalue weighted by atomic mass is 10.1. The summed E-state index contributed by atoms with van der Waals surface area (Å²) in [7, 11) is 3.53. The average molecular weight is 290 g/mol. The zero-order valence-corrected chi connectivity index (χ0v) is 13.0. The fourth-order valence-corrected chi connectivity index (χ4v) is 2.08. The Morgan fingerprint density at radius 2 is 2.14 bits per heavy atom. The van der Waals surface area contributed by atoms with Crippen molar-refractivity contribution in [1.29, 1.82) is 0 Å². The molecule has 1 aromatic carbocycles. The van der Waals surface area contributed by atoms with Crippen LogP contribution in [0.2, 0.25) is 0 Å². The number of hydrogen-bond donors (Lipinski definition) is 1. The molecular weight excluding hydrogens is 268 g/mol. The molecule has 0 aliphatic carbocycles. The van der Waals surface area contributed by atoms with Gasteiger partial charge in [-0.1, -0.05) is 13.0 Å². The van der Waals surface area contributed by atoms with Crippen LogP contribution in [0, 0.1) is 0 Å². The predicted octanol–water partition coefficient (Wildman–Crippen LogP) is 2.07. The van der Waals surface area contributed by atoms with E-state index in [9.17, 15) is 0 Å². The zero-order valence-electron chi connectivity index (χ0n) is 13.0. The summed E-state index contributed by atoms with van der Waals surface area (Å²) in [5.41, 5.74) is 1.17. The van der Waals surface area contributed by atoms with E-state index < -0.39 is 0 Å². The van der Waals surface area contributed by atoms with Gasteiger partial charge >= 0.3 is 0 Å². The van der Waals surface area contributed by atoms with Crippen molar-refractivity contribution in [2.75, 3.05) is 13.7 Å². The average Bonchev–Trinajstić information content (AvgIpc) is 2.90. The number of aromatic nitrogens is 3. The van der Waals surface area contributed by atoms with Crippen LogP contribution < -0.4 is 14.8 Å². The van der Waals surface area contributed by atoms with Crippen LogP contribution in [0.25, 0.3) is 0 Å². The predicted molar refractivity (Wildman–Crippen MR) is 80.4 cm³/mol. The Bertz CT molecular complexity index is 583. The van der Waals surface area contributed by atoms with Gasteiger partial charge in [0.05, 0.1) is 7.11 Å². The SMILES string of the molecule is CCNC(C)c1ccc(OCc2nncn2C)c(OC)c1. The summed E-state index contributed by atoms with van der Waals surface area (Å²) in [6, 6.07) is 6.25. The van der Waals surface area contributed by atoms with E-state index >= 15 is 0 Å². The normalized spacial score (nSPS) is 12.2. The maximum absolute atomic E-state index is 5.78. The molecule has 0 fully saturated rings. The summed E-state index contributed by atoms with van der Waals surface area (Å²) in [6.45, 7) is 5.49. The third kappa shape index (κ3) is 3.72. The molecule has 1 aromatic heterocycles. The molecule has 0 aliphatic rings. The van der Waals surface area contributed by atoms with Gasteiger partial charge in [-0.05, 0) is 31.2 Å². The fourth-order valence-electron chi connectivity index (χ4n) is 2.08. The third-order valence-electron chi connectivity index (χ3n) is 3.36. The second-order valence-corrected chi connectivity index (χ2v) is 4.84. The molecule has 2 aromatic rings. The van der Waals surface area contributed by atoms with E-state index in [4.69, 9.17) is 9.47 Å². The topological polar surface area (TPSA) is 61.2 Å². The maximum Gasteiger partial charge on any atom is 0.170 e. The molecule has 0 saturated heterocycles. The van der Waals surface area contributed by atoms with Gasteiger partial charge in [-0.15, -0.1) is 10.2 Å². The van der Waals surface area contributed by atoms with E-state index in [1.807, 2.05) is 29.8 Å². The van der Waals surface area contributed by atoms with Crippen LogP contribution in [-0.4, -0.2) is 28.4 Å². The number of methoxy groups -OCH3 is 1. The maximum atomic E-state index is 5.78. The highest BCUT2D eigenvalue weighted by molar-refractivity contribution is 5.43. The first-order valence-corrected chi connectivity index (χ1v) is 7.02. The van der Waals surface area contributed by atoms with Crippen LogP contribution >= 0.6 is 0 Å². The van der Waals surface area contributed by atoms with Gasteiger partial charge in [-0.3, -0.25) is 0 Å². The summed E-state index contributed by atoms with van der Waals surface area (Å²) in [6.07, 6.45) is 1.65. The van der Waals surface area contributed by atoms with Gasteiger partial charge in [0.1, 0.15) is 12.9 Å². The van der Waals surface area contributed by atoms with E-state index in [1.165, 1.54) is 5.56 Å². The van der Waals surface area contributed by atoms with Crippen LogP contribution in [0.5, 0.6) is 11.5 Å². The van der Waals surface area contributed by atoms with Crippen molar-refractivity contribution in [3.8, 4) is 11.5 Å². The van der Waals surface area contributed by atoms with E-state index in [0.29, 0.717) is 12.4 Å². The minimum absolute atomic E-state index is 0.275. The summed E-state index contributed by atoms with van der Waals surface area (Å²) in [5, 5.41) is 11.2. The molecule has 0 bridgehead atoms. The van der Waals surface area contributed by atoms with E-state index in [0.717, 1.165) is 18.1 Å². The lowest BCUT2D eigenvalue weighted by molar-refractivity contribution is 0.272. The Kier molecular flexibility index (Phi) is 5.16. The summed E-state index contributed by atoms with van der Waals surface area (Å²) < 4.78 is 13.0. The Morgan fingerprint density at radius 3 is 2.76 bits per heavy atom. The molecule has 0 aliphatic heterocycles. The molecule has 2 rings (SSSR count). The summed E-state index contributed by atoms with van der Waals surface area (Å²) in [4.78, 5) is 0. The highest BCUT2D eigenvalue weighted by Crippen LogP contribution is 2.30. The second-order valence-electron chi connectivity index (χ2n) is 4.84. The number of hydrogen-bond acceptors (Lipinski definition) is 5. The molecule has 1 heterocycles. The number of nitrogens with one attached hydrogen (secondary N) is 1. The van der Waals surface area contributed by atoms with Crippen LogP contribution in [0.4, 0.5) is 0 Å². The third-order valence-corrected chi connectivity index (χ3v) is 3.36. The van der Waals surface area contributed by atoms with Gasteiger partial charge in [0.15, 0.2) is 17.3 Å². The van der Waals surface area contributed by atoms with Crippen molar-refractivity contribution in [3.05, 3.63) is 35.9 Å². The first kappa shape index (κ1) is 15.3. The molecule has 1 N–H and O–H groups in total. The molecule has 0 amide bonds. The number of benzene rings is 1. The molecule has 0 radical (unpaired) electrons. The molecule has 6 heteroatoms. The van der Waals surface area contributed by atoms with Gasteiger partial charge in [0, 0.05) is 13.1 Å². The van der Waals surface area contributed by atoms with Crippen LogP contribution in [0.1, 0.15) is 31.3 Å². The molecule has 21 heavy (non-hydrogen) atoms. The Morgan fingerprint density at radius 1 is 1.33 bits per heavy atom. The van der Waals surface area contributed by atoms with Crippen molar-refractivity contribution < 1.29 is 9.47 Å². The highest BCUT2D eigenvalue weighted by Gasteiger charge is 2.11. The molecule has 0 saturated carbocycles. The van der Waals surface area contributed by atoms with Crippen molar-refractivity contribution in [3.63, 3.8) is 0 Å². The largest absolute Gasteiger partial charge is 0.493 e. The molecule has 1 unspecified atom stereocenters. The van der Waals surface area contributed by atoms with Gasteiger partial charge in [-0.2, -0.15) is 0 Å². The quantitative estimate of drug-likeness (QED) is 0.846. The Balaban J connectivity index is 2.11. The lowest BCUT2D eigenvalue weighted by Gasteiger charge is -2.16. The number of nitrogens with zero attached hydrogens (tertiary/aromatic N) is 3. The summed E-state index contributed by atoms with van der Waals surface area (Å²) >= 11 is 0. The molecular formula is C15H22N4O2. The fraction of sp³-hybridized carbons (Fsp3) is 0.467. The van der Waals surface area contributed by atoms with Crippen molar-refractivity contribution in [1.82, 2.24) is 20.1 Å². The highest BCUT2D eigenvalue weighted by atomic mass is 16.5. The second kappa shape index (κ2) is 7.08. The van der Waals surface area contributed by atoms with Gasteiger partial charge < -0.3 is 19.4 Å². The standard InChI is InChI=1S/C15H22N4O2/c1-5-16-11(2)12-6-7-13(14(8-12)20-4)21-9-15-18-17-10-19(15)3/h6-8,10-11,16H,5,9H2,1-4H3. The van der Waals surface area contributed by atoms with Crippen molar-refractivity contribution >= 4 is 0 Å². The van der Waals surface area contributed by atoms with Crippen LogP contribution in [0.15, 0.2) is 24.5 Å². The van der Waals surface area contributed by atoms with Crippen molar-refractivity contribution in [2.45, 2.75) is 26.5 Å². The van der Waals surface area contributed by atoms with Crippen LogP contribution in [0.3, 0.4) is 0 Å². The molecule has 114 valence electrons. The molecule has 1 atom stereocenters. The zero-order chi connectivity index (χ0) is 15.2. The smallest absolute Gasteiger partial charge is 0.170 e. The summed E-state index contributed by atoms with van der Waals surface area (Å²) in [5.74, 6) is 2.19.